The number of hydrogen-bond acceptors (Lipinski definition) is 3. The molecule has 19 heavy (non-hydrogen) atoms. The van der Waals surface area contributed by atoms with Crippen LogP contribution in [0.3, 0.4) is 0 Å². The fraction of sp³-hybridized carbons (Fsp3) is 0.333. The second kappa shape index (κ2) is 6.06. The molecule has 0 aliphatic rings. The van der Waals surface area contributed by atoms with Crippen molar-refractivity contribution in [3.8, 4) is 0 Å². The Balaban J connectivity index is 2.25. The molecule has 100 valence electrons. The molecule has 0 radical (unpaired) electrons. The molecule has 4 heteroatoms. The molecule has 0 spiro atoms. The summed E-state index contributed by atoms with van der Waals surface area (Å²) in [7, 11) is 0. The number of hydrogen-bond donors (Lipinski definition) is 1. The molecule has 0 fully saturated rings. The van der Waals surface area contributed by atoms with E-state index in [4.69, 9.17) is 0 Å². The summed E-state index contributed by atoms with van der Waals surface area (Å²) in [4.78, 5) is 16.1. The van der Waals surface area contributed by atoms with E-state index in [1.165, 1.54) is 28.3 Å². The van der Waals surface area contributed by atoms with E-state index in [-0.39, 0.29) is 5.91 Å². The quantitative estimate of drug-likeness (QED) is 0.871. The number of amides is 1. The topological polar surface area (TPSA) is 42.0 Å². The molecule has 0 aliphatic carbocycles. The summed E-state index contributed by atoms with van der Waals surface area (Å²) in [6, 6.07) is 8.25. The third-order valence-corrected chi connectivity index (χ3v) is 3.86. The SMILES string of the molecule is CCNC(=O)CSc1cc(C)c2cccc(C)c2n1. The summed E-state index contributed by atoms with van der Waals surface area (Å²) in [5.74, 6) is 0.467. The maximum atomic E-state index is 11.5. The van der Waals surface area contributed by atoms with Crippen LogP contribution in [0.25, 0.3) is 10.9 Å². The standard InChI is InChI=1S/C15H18N2OS/c1-4-16-13(18)9-19-14-8-11(3)12-7-5-6-10(2)15(12)17-14/h5-8H,4,9H2,1-3H3,(H,16,18). The number of benzene rings is 1. The Bertz CT molecular complexity index is 610. The Labute approximate surface area is 117 Å². The predicted octanol–water partition coefficient (Wildman–Crippen LogP) is 3.08. The Hall–Kier alpha value is -1.55. The average Bonchev–Trinajstić information content (AvgIpc) is 2.38. The number of thioether (sulfide) groups is 1. The van der Waals surface area contributed by atoms with Gasteiger partial charge in [-0.2, -0.15) is 0 Å². The first-order valence-electron chi connectivity index (χ1n) is 6.38. The summed E-state index contributed by atoms with van der Waals surface area (Å²) in [5, 5.41) is 4.88. The molecule has 0 unspecified atom stereocenters. The minimum atomic E-state index is 0.0526. The molecule has 1 amide bonds. The van der Waals surface area contributed by atoms with Gasteiger partial charge in [-0.3, -0.25) is 4.79 Å². The van der Waals surface area contributed by atoms with Crippen LogP contribution in [0.4, 0.5) is 0 Å². The number of carbonyl (C=O) groups excluding carboxylic acids is 1. The first kappa shape index (κ1) is 13.9. The van der Waals surface area contributed by atoms with Crippen molar-refractivity contribution in [2.45, 2.75) is 25.8 Å². The zero-order chi connectivity index (χ0) is 13.8. The third-order valence-electron chi connectivity index (χ3n) is 2.95. The van der Waals surface area contributed by atoms with E-state index in [2.05, 4.69) is 36.3 Å². The van der Waals surface area contributed by atoms with Crippen molar-refractivity contribution in [1.29, 1.82) is 0 Å². The van der Waals surface area contributed by atoms with Gasteiger partial charge >= 0.3 is 0 Å². The van der Waals surface area contributed by atoms with Crippen molar-refractivity contribution >= 4 is 28.6 Å². The van der Waals surface area contributed by atoms with Gasteiger partial charge < -0.3 is 5.32 Å². The molecule has 3 nitrogen and oxygen atoms in total. The van der Waals surface area contributed by atoms with Crippen molar-refractivity contribution in [3.63, 3.8) is 0 Å². The van der Waals surface area contributed by atoms with Gasteiger partial charge in [0.25, 0.3) is 0 Å². The summed E-state index contributed by atoms with van der Waals surface area (Å²) in [6.45, 7) is 6.74. The van der Waals surface area contributed by atoms with Crippen LogP contribution in [-0.4, -0.2) is 23.2 Å². The van der Waals surface area contributed by atoms with Crippen LogP contribution in [0.15, 0.2) is 29.3 Å². The second-order valence-electron chi connectivity index (χ2n) is 4.49. The van der Waals surface area contributed by atoms with Crippen LogP contribution in [0.5, 0.6) is 0 Å². The normalized spacial score (nSPS) is 10.7. The zero-order valence-electron chi connectivity index (χ0n) is 11.5. The smallest absolute Gasteiger partial charge is 0.230 e. The largest absolute Gasteiger partial charge is 0.356 e. The van der Waals surface area contributed by atoms with Crippen LogP contribution in [-0.2, 0) is 4.79 Å². The number of aromatic nitrogens is 1. The summed E-state index contributed by atoms with van der Waals surface area (Å²) < 4.78 is 0. The van der Waals surface area contributed by atoms with E-state index in [0.29, 0.717) is 12.3 Å². The lowest BCUT2D eigenvalue weighted by Gasteiger charge is -2.08. The number of rotatable bonds is 4. The maximum Gasteiger partial charge on any atom is 0.230 e. The van der Waals surface area contributed by atoms with Gasteiger partial charge in [0.2, 0.25) is 5.91 Å². The number of para-hydroxylation sites is 1. The Kier molecular flexibility index (Phi) is 4.43. The van der Waals surface area contributed by atoms with Crippen LogP contribution in [0.2, 0.25) is 0 Å². The Morgan fingerprint density at radius 1 is 1.32 bits per heavy atom. The van der Waals surface area contributed by atoms with Gasteiger partial charge in [-0.1, -0.05) is 30.0 Å². The highest BCUT2D eigenvalue weighted by Crippen LogP contribution is 2.25. The lowest BCUT2D eigenvalue weighted by molar-refractivity contribution is -0.118. The maximum absolute atomic E-state index is 11.5. The molecule has 2 rings (SSSR count). The van der Waals surface area contributed by atoms with Gasteiger partial charge in [0.15, 0.2) is 0 Å². The van der Waals surface area contributed by atoms with Gasteiger partial charge in [0.1, 0.15) is 0 Å². The Morgan fingerprint density at radius 3 is 2.84 bits per heavy atom. The highest BCUT2D eigenvalue weighted by molar-refractivity contribution is 7.99. The second-order valence-corrected chi connectivity index (χ2v) is 5.49. The minimum Gasteiger partial charge on any atom is -0.356 e. The van der Waals surface area contributed by atoms with Crippen molar-refractivity contribution in [1.82, 2.24) is 10.3 Å². The van der Waals surface area contributed by atoms with Gasteiger partial charge in [0.05, 0.1) is 16.3 Å². The molecule has 1 N–H and O–H groups in total. The molecule has 0 saturated carbocycles. The summed E-state index contributed by atoms with van der Waals surface area (Å²) >= 11 is 1.48. The highest BCUT2D eigenvalue weighted by atomic mass is 32.2. The molecule has 1 heterocycles. The number of pyridine rings is 1. The molecule has 0 aliphatic heterocycles. The van der Waals surface area contributed by atoms with E-state index in [0.717, 1.165) is 10.5 Å². The first-order valence-corrected chi connectivity index (χ1v) is 7.37. The molecule has 2 aromatic rings. The predicted molar refractivity (Wildman–Crippen MR) is 80.6 cm³/mol. The van der Waals surface area contributed by atoms with Crippen molar-refractivity contribution in [2.24, 2.45) is 0 Å². The molecular weight excluding hydrogens is 256 g/mol. The number of nitrogens with one attached hydrogen (secondary N) is 1. The lowest BCUT2D eigenvalue weighted by atomic mass is 10.1. The van der Waals surface area contributed by atoms with Crippen molar-refractivity contribution in [3.05, 3.63) is 35.4 Å². The van der Waals surface area contributed by atoms with Crippen LogP contribution in [0, 0.1) is 13.8 Å². The van der Waals surface area contributed by atoms with Crippen LogP contribution < -0.4 is 5.32 Å². The molecule has 0 bridgehead atoms. The van der Waals surface area contributed by atoms with Gasteiger partial charge in [-0.25, -0.2) is 4.98 Å². The lowest BCUT2D eigenvalue weighted by Crippen LogP contribution is -2.24. The molecule has 0 saturated heterocycles. The highest BCUT2D eigenvalue weighted by Gasteiger charge is 2.07. The first-order chi connectivity index (χ1) is 9.11. The zero-order valence-corrected chi connectivity index (χ0v) is 12.3. The van der Waals surface area contributed by atoms with E-state index in [9.17, 15) is 4.79 Å². The van der Waals surface area contributed by atoms with E-state index in [1.807, 2.05) is 19.1 Å². The summed E-state index contributed by atoms with van der Waals surface area (Å²) in [6.07, 6.45) is 0. The number of carbonyl (C=O) groups is 1. The molecule has 0 atom stereocenters. The molecular formula is C15H18N2OS. The van der Waals surface area contributed by atoms with Crippen LogP contribution >= 0.6 is 11.8 Å². The fourth-order valence-electron chi connectivity index (χ4n) is 1.99. The van der Waals surface area contributed by atoms with E-state index >= 15 is 0 Å². The summed E-state index contributed by atoms with van der Waals surface area (Å²) in [5.41, 5.74) is 3.40. The van der Waals surface area contributed by atoms with Crippen molar-refractivity contribution < 1.29 is 4.79 Å². The van der Waals surface area contributed by atoms with Crippen molar-refractivity contribution in [2.75, 3.05) is 12.3 Å². The van der Waals surface area contributed by atoms with Gasteiger partial charge in [-0.15, -0.1) is 0 Å². The monoisotopic (exact) mass is 274 g/mol. The van der Waals surface area contributed by atoms with Gasteiger partial charge in [-0.05, 0) is 38.0 Å². The van der Waals surface area contributed by atoms with Gasteiger partial charge in [0, 0.05) is 11.9 Å². The fourth-order valence-corrected chi connectivity index (χ4v) is 2.79. The minimum absolute atomic E-state index is 0.0526. The third kappa shape index (κ3) is 3.26. The number of nitrogens with zero attached hydrogens (tertiary/aromatic N) is 1. The van der Waals surface area contributed by atoms with E-state index < -0.39 is 0 Å². The van der Waals surface area contributed by atoms with Crippen LogP contribution in [0.1, 0.15) is 18.1 Å². The number of aryl methyl sites for hydroxylation is 2. The Morgan fingerprint density at radius 2 is 2.11 bits per heavy atom. The van der Waals surface area contributed by atoms with E-state index in [1.54, 1.807) is 0 Å². The molecule has 1 aromatic carbocycles. The average molecular weight is 274 g/mol. The number of fused-ring (bicyclic) bond motifs is 1. The molecule has 1 aromatic heterocycles.